The highest BCUT2D eigenvalue weighted by Crippen LogP contribution is 2.21. The summed E-state index contributed by atoms with van der Waals surface area (Å²) < 4.78 is 0. The Balaban J connectivity index is 1.61. The molecule has 0 aliphatic rings. The van der Waals surface area contributed by atoms with Crippen molar-refractivity contribution in [1.29, 1.82) is 0 Å². The van der Waals surface area contributed by atoms with E-state index in [1.165, 1.54) is 15.3 Å². The van der Waals surface area contributed by atoms with Crippen LogP contribution >= 0.6 is 22.9 Å². The monoisotopic (exact) mass is 364 g/mol. The third-order valence-electron chi connectivity index (χ3n) is 4.06. The number of hydrogen-bond donors (Lipinski definition) is 1. The highest BCUT2D eigenvalue weighted by Gasteiger charge is 2.02. The van der Waals surface area contributed by atoms with Gasteiger partial charge in [-0.2, -0.15) is 0 Å². The maximum atomic E-state index is 10.4. The van der Waals surface area contributed by atoms with Gasteiger partial charge in [0.15, 0.2) is 0 Å². The number of unbranched alkanes of at least 4 members (excludes halogenated alkanes) is 3. The number of thiophene rings is 1. The van der Waals surface area contributed by atoms with E-state index in [0.717, 1.165) is 56.4 Å². The summed E-state index contributed by atoms with van der Waals surface area (Å²) >= 11 is 7.93. The second-order valence-corrected chi connectivity index (χ2v) is 7.85. The van der Waals surface area contributed by atoms with Gasteiger partial charge in [-0.25, -0.2) is 0 Å². The quantitative estimate of drug-likeness (QED) is 0.485. The average molecular weight is 365 g/mol. The zero-order valence-corrected chi connectivity index (χ0v) is 15.5. The molecule has 0 aliphatic carbocycles. The molecular formula is C20H25ClO2S. The van der Waals surface area contributed by atoms with Crippen molar-refractivity contribution in [3.63, 3.8) is 0 Å². The SMILES string of the molecule is O=C(O)CCCCCCc1ccc(CCCc2cccc(Cl)c2)s1. The van der Waals surface area contributed by atoms with Gasteiger partial charge in [-0.05, 0) is 68.4 Å². The molecule has 1 aromatic carbocycles. The van der Waals surface area contributed by atoms with E-state index in [1.807, 2.05) is 29.5 Å². The molecule has 0 atom stereocenters. The molecule has 2 nitrogen and oxygen atoms in total. The van der Waals surface area contributed by atoms with Crippen LogP contribution in [0.4, 0.5) is 0 Å². The van der Waals surface area contributed by atoms with Gasteiger partial charge in [-0.3, -0.25) is 4.79 Å². The van der Waals surface area contributed by atoms with Crippen molar-refractivity contribution in [3.05, 3.63) is 56.7 Å². The van der Waals surface area contributed by atoms with E-state index < -0.39 is 5.97 Å². The molecular weight excluding hydrogens is 340 g/mol. The van der Waals surface area contributed by atoms with Crippen molar-refractivity contribution in [2.75, 3.05) is 0 Å². The van der Waals surface area contributed by atoms with E-state index in [9.17, 15) is 4.79 Å². The maximum absolute atomic E-state index is 10.4. The molecule has 130 valence electrons. The zero-order valence-electron chi connectivity index (χ0n) is 14.0. The Morgan fingerprint density at radius 2 is 1.62 bits per heavy atom. The smallest absolute Gasteiger partial charge is 0.303 e. The summed E-state index contributed by atoms with van der Waals surface area (Å²) in [5, 5.41) is 9.42. The summed E-state index contributed by atoms with van der Waals surface area (Å²) in [4.78, 5) is 13.4. The maximum Gasteiger partial charge on any atom is 0.303 e. The van der Waals surface area contributed by atoms with Crippen LogP contribution < -0.4 is 0 Å². The van der Waals surface area contributed by atoms with Gasteiger partial charge in [-0.15, -0.1) is 11.3 Å². The highest BCUT2D eigenvalue weighted by molar-refractivity contribution is 7.11. The lowest BCUT2D eigenvalue weighted by atomic mass is 10.1. The van der Waals surface area contributed by atoms with Gasteiger partial charge in [0.25, 0.3) is 0 Å². The van der Waals surface area contributed by atoms with Crippen LogP contribution in [0.2, 0.25) is 5.02 Å². The van der Waals surface area contributed by atoms with Crippen LogP contribution in [0.25, 0.3) is 0 Å². The predicted molar refractivity (Wildman–Crippen MR) is 102 cm³/mol. The van der Waals surface area contributed by atoms with Crippen molar-refractivity contribution >= 4 is 28.9 Å². The molecule has 0 radical (unpaired) electrons. The van der Waals surface area contributed by atoms with E-state index >= 15 is 0 Å². The standard InChI is InChI=1S/C20H25ClO2S/c21-17-9-5-7-16(15-17)8-6-11-19-14-13-18(24-19)10-3-1-2-4-12-20(22)23/h5,7,9,13-15H,1-4,6,8,10-12H2,(H,22,23). The lowest BCUT2D eigenvalue weighted by Gasteiger charge is -2.01. The summed E-state index contributed by atoms with van der Waals surface area (Å²) in [6.45, 7) is 0. The predicted octanol–water partition coefficient (Wildman–Crippen LogP) is 6.15. The minimum atomic E-state index is -0.685. The molecule has 4 heteroatoms. The van der Waals surface area contributed by atoms with Crippen LogP contribution in [0, 0.1) is 0 Å². The Morgan fingerprint density at radius 1 is 0.917 bits per heavy atom. The summed E-state index contributed by atoms with van der Waals surface area (Å²) in [5.41, 5.74) is 1.31. The van der Waals surface area contributed by atoms with Crippen molar-refractivity contribution in [1.82, 2.24) is 0 Å². The molecule has 1 N–H and O–H groups in total. The van der Waals surface area contributed by atoms with Gasteiger partial charge in [0.2, 0.25) is 0 Å². The minimum absolute atomic E-state index is 0.301. The largest absolute Gasteiger partial charge is 0.481 e. The lowest BCUT2D eigenvalue weighted by molar-refractivity contribution is -0.137. The lowest BCUT2D eigenvalue weighted by Crippen LogP contribution is -1.93. The minimum Gasteiger partial charge on any atom is -0.481 e. The van der Waals surface area contributed by atoms with Crippen molar-refractivity contribution < 1.29 is 9.90 Å². The summed E-state index contributed by atoms with van der Waals surface area (Å²) in [5.74, 6) is -0.685. The molecule has 0 unspecified atom stereocenters. The van der Waals surface area contributed by atoms with Crippen LogP contribution in [0.15, 0.2) is 36.4 Å². The van der Waals surface area contributed by atoms with E-state index in [1.54, 1.807) is 0 Å². The number of aliphatic carboxylic acids is 1. The van der Waals surface area contributed by atoms with Crippen molar-refractivity contribution in [2.24, 2.45) is 0 Å². The van der Waals surface area contributed by atoms with Crippen molar-refractivity contribution in [3.8, 4) is 0 Å². The van der Waals surface area contributed by atoms with Crippen LogP contribution in [0.1, 0.15) is 53.8 Å². The number of rotatable bonds is 11. The van der Waals surface area contributed by atoms with Gasteiger partial charge in [0.05, 0.1) is 0 Å². The molecule has 1 heterocycles. The molecule has 0 saturated carbocycles. The van der Waals surface area contributed by atoms with Crippen LogP contribution in [-0.2, 0) is 24.1 Å². The van der Waals surface area contributed by atoms with Crippen LogP contribution in [0.5, 0.6) is 0 Å². The Labute approximate surface area is 153 Å². The zero-order chi connectivity index (χ0) is 17.2. The molecule has 0 amide bonds. The van der Waals surface area contributed by atoms with Gasteiger partial charge in [0, 0.05) is 21.2 Å². The van der Waals surface area contributed by atoms with E-state index in [0.29, 0.717) is 6.42 Å². The molecule has 0 spiro atoms. The number of carboxylic acid groups (broad SMARTS) is 1. The highest BCUT2D eigenvalue weighted by atomic mass is 35.5. The molecule has 24 heavy (non-hydrogen) atoms. The van der Waals surface area contributed by atoms with Gasteiger partial charge in [0.1, 0.15) is 0 Å². The number of benzene rings is 1. The Bertz CT molecular complexity index is 636. The number of halogens is 1. The normalized spacial score (nSPS) is 10.9. The molecule has 0 fully saturated rings. The number of carboxylic acids is 1. The number of hydrogen-bond acceptors (Lipinski definition) is 2. The summed E-state index contributed by atoms with van der Waals surface area (Å²) in [6.07, 6.45) is 8.85. The van der Waals surface area contributed by atoms with E-state index in [-0.39, 0.29) is 0 Å². The fourth-order valence-corrected chi connectivity index (χ4v) is 4.09. The van der Waals surface area contributed by atoms with Crippen LogP contribution in [-0.4, -0.2) is 11.1 Å². The molecule has 0 bridgehead atoms. The third kappa shape index (κ3) is 7.50. The molecule has 1 aromatic heterocycles. The molecule has 2 aromatic rings. The number of aryl methyl sites for hydroxylation is 3. The van der Waals surface area contributed by atoms with Gasteiger partial charge in [-0.1, -0.05) is 36.6 Å². The Hall–Kier alpha value is -1.32. The van der Waals surface area contributed by atoms with E-state index in [2.05, 4.69) is 18.2 Å². The number of carbonyl (C=O) groups is 1. The fourth-order valence-electron chi connectivity index (χ4n) is 2.78. The molecule has 0 aliphatic heterocycles. The Morgan fingerprint density at radius 3 is 2.33 bits per heavy atom. The van der Waals surface area contributed by atoms with Crippen LogP contribution in [0.3, 0.4) is 0 Å². The summed E-state index contributed by atoms with van der Waals surface area (Å²) in [7, 11) is 0. The second-order valence-electron chi connectivity index (χ2n) is 6.16. The van der Waals surface area contributed by atoms with Gasteiger partial charge < -0.3 is 5.11 Å². The summed E-state index contributed by atoms with van der Waals surface area (Å²) in [6, 6.07) is 12.6. The Kier molecular flexibility index (Phi) is 8.34. The third-order valence-corrected chi connectivity index (χ3v) is 5.50. The topological polar surface area (TPSA) is 37.3 Å². The molecule has 2 rings (SSSR count). The first-order valence-electron chi connectivity index (χ1n) is 8.67. The van der Waals surface area contributed by atoms with E-state index in [4.69, 9.17) is 16.7 Å². The first-order valence-corrected chi connectivity index (χ1v) is 9.87. The molecule has 0 saturated heterocycles. The average Bonchev–Trinajstić information content (AvgIpc) is 2.98. The first-order chi connectivity index (χ1) is 11.6. The fraction of sp³-hybridized carbons (Fsp3) is 0.450. The first kappa shape index (κ1) is 19.0. The second kappa shape index (κ2) is 10.5. The van der Waals surface area contributed by atoms with Gasteiger partial charge >= 0.3 is 5.97 Å². The van der Waals surface area contributed by atoms with Crippen molar-refractivity contribution in [2.45, 2.75) is 57.8 Å².